The Morgan fingerprint density at radius 3 is 2.58 bits per heavy atom. The Morgan fingerprint density at radius 2 is 1.92 bits per heavy atom. The molecule has 2 aromatic carbocycles. The van der Waals surface area contributed by atoms with E-state index < -0.39 is 5.97 Å². The SMILES string of the molecule is CCOC(=O)c1cc(Cl)c(NC(=O)CCc2cccc(Cl)c2)cc1OC. The van der Waals surface area contributed by atoms with Gasteiger partial charge in [0.25, 0.3) is 0 Å². The predicted molar refractivity (Wildman–Crippen MR) is 102 cm³/mol. The Morgan fingerprint density at radius 1 is 1.15 bits per heavy atom. The van der Waals surface area contributed by atoms with Crippen molar-refractivity contribution in [1.29, 1.82) is 0 Å². The average Bonchev–Trinajstić information content (AvgIpc) is 2.61. The standard InChI is InChI=1S/C19H19Cl2NO4/c1-3-26-19(24)14-10-15(21)16(11-17(14)25-2)22-18(23)8-7-12-5-4-6-13(20)9-12/h4-6,9-11H,3,7-8H2,1-2H3,(H,22,23). The molecule has 2 rings (SSSR count). The fourth-order valence-electron chi connectivity index (χ4n) is 2.35. The Labute approximate surface area is 162 Å². The largest absolute Gasteiger partial charge is 0.496 e. The topological polar surface area (TPSA) is 64.6 Å². The van der Waals surface area contributed by atoms with Crippen LogP contribution >= 0.6 is 23.2 Å². The lowest BCUT2D eigenvalue weighted by molar-refractivity contribution is -0.116. The van der Waals surface area contributed by atoms with E-state index in [0.717, 1.165) is 5.56 Å². The first kappa shape index (κ1) is 20.1. The number of ether oxygens (including phenoxy) is 2. The molecule has 0 radical (unpaired) electrons. The molecule has 0 aliphatic heterocycles. The number of carbonyl (C=O) groups excluding carboxylic acids is 2. The number of methoxy groups -OCH3 is 1. The third-order valence-electron chi connectivity index (χ3n) is 3.59. The number of hydrogen-bond donors (Lipinski definition) is 1. The molecule has 0 aromatic heterocycles. The summed E-state index contributed by atoms with van der Waals surface area (Å²) < 4.78 is 10.2. The molecule has 0 spiro atoms. The highest BCUT2D eigenvalue weighted by atomic mass is 35.5. The van der Waals surface area contributed by atoms with E-state index in [1.807, 2.05) is 18.2 Å². The summed E-state index contributed by atoms with van der Waals surface area (Å²) in [6.07, 6.45) is 0.806. The van der Waals surface area contributed by atoms with Crippen molar-refractivity contribution in [2.24, 2.45) is 0 Å². The second-order valence-electron chi connectivity index (χ2n) is 5.43. The van der Waals surface area contributed by atoms with Crippen LogP contribution in [0.4, 0.5) is 5.69 Å². The first-order chi connectivity index (χ1) is 12.4. The van der Waals surface area contributed by atoms with Crippen LogP contribution in [0.5, 0.6) is 5.75 Å². The summed E-state index contributed by atoms with van der Waals surface area (Å²) in [6, 6.07) is 10.3. The molecule has 0 fully saturated rings. The van der Waals surface area contributed by atoms with Gasteiger partial charge in [0.2, 0.25) is 5.91 Å². The number of esters is 1. The van der Waals surface area contributed by atoms with Gasteiger partial charge in [-0.2, -0.15) is 0 Å². The third kappa shape index (κ3) is 5.38. The van der Waals surface area contributed by atoms with Crippen LogP contribution in [-0.2, 0) is 16.0 Å². The van der Waals surface area contributed by atoms with Crippen LogP contribution in [0.15, 0.2) is 36.4 Å². The first-order valence-electron chi connectivity index (χ1n) is 8.03. The summed E-state index contributed by atoms with van der Waals surface area (Å²) in [4.78, 5) is 24.1. The number of halogens is 2. The van der Waals surface area contributed by atoms with Gasteiger partial charge in [-0.25, -0.2) is 4.79 Å². The van der Waals surface area contributed by atoms with Gasteiger partial charge in [-0.3, -0.25) is 4.79 Å². The fourth-order valence-corrected chi connectivity index (χ4v) is 2.77. The normalized spacial score (nSPS) is 10.3. The van der Waals surface area contributed by atoms with E-state index in [2.05, 4.69) is 5.32 Å². The zero-order chi connectivity index (χ0) is 19.1. The van der Waals surface area contributed by atoms with Crippen LogP contribution in [0.3, 0.4) is 0 Å². The predicted octanol–water partition coefficient (Wildman–Crippen LogP) is 4.75. The van der Waals surface area contributed by atoms with Crippen molar-refractivity contribution >= 4 is 40.8 Å². The Kier molecular flexibility index (Phi) is 7.30. The molecule has 0 saturated carbocycles. The van der Waals surface area contributed by atoms with Crippen LogP contribution < -0.4 is 10.1 Å². The van der Waals surface area contributed by atoms with Crippen LogP contribution in [0, 0.1) is 0 Å². The number of aryl methyl sites for hydroxylation is 1. The number of carbonyl (C=O) groups is 2. The Bertz CT molecular complexity index is 808. The van der Waals surface area contributed by atoms with Gasteiger partial charge in [-0.15, -0.1) is 0 Å². The average molecular weight is 396 g/mol. The smallest absolute Gasteiger partial charge is 0.341 e. The van der Waals surface area contributed by atoms with Crippen molar-refractivity contribution in [3.05, 3.63) is 57.6 Å². The van der Waals surface area contributed by atoms with Crippen molar-refractivity contribution in [2.45, 2.75) is 19.8 Å². The van der Waals surface area contributed by atoms with Crippen LogP contribution in [0.2, 0.25) is 10.0 Å². The lowest BCUT2D eigenvalue weighted by Crippen LogP contribution is -2.14. The summed E-state index contributed by atoms with van der Waals surface area (Å²) in [5, 5.41) is 3.59. The van der Waals surface area contributed by atoms with Gasteiger partial charge in [-0.05, 0) is 37.1 Å². The number of amides is 1. The van der Waals surface area contributed by atoms with Crippen molar-refractivity contribution in [3.8, 4) is 5.75 Å². The van der Waals surface area contributed by atoms with E-state index in [4.69, 9.17) is 32.7 Å². The quantitative estimate of drug-likeness (QED) is 0.686. The van der Waals surface area contributed by atoms with Crippen LogP contribution in [0.25, 0.3) is 0 Å². The summed E-state index contributed by atoms with van der Waals surface area (Å²) in [7, 11) is 1.43. The molecular weight excluding hydrogens is 377 g/mol. The molecule has 0 heterocycles. The molecule has 0 unspecified atom stereocenters. The van der Waals surface area contributed by atoms with Gasteiger partial charge in [0.05, 0.1) is 24.4 Å². The molecule has 0 bridgehead atoms. The lowest BCUT2D eigenvalue weighted by Gasteiger charge is -2.13. The molecular formula is C19H19Cl2NO4. The molecule has 7 heteroatoms. The van der Waals surface area contributed by atoms with Crippen molar-refractivity contribution in [3.63, 3.8) is 0 Å². The second kappa shape index (κ2) is 9.46. The van der Waals surface area contributed by atoms with Crippen LogP contribution in [-0.4, -0.2) is 25.6 Å². The van der Waals surface area contributed by atoms with E-state index in [9.17, 15) is 9.59 Å². The second-order valence-corrected chi connectivity index (χ2v) is 6.27. The summed E-state index contributed by atoms with van der Waals surface area (Å²) in [6.45, 7) is 1.95. The number of nitrogens with one attached hydrogen (secondary N) is 1. The van der Waals surface area contributed by atoms with Gasteiger partial charge in [0, 0.05) is 17.5 Å². The maximum atomic E-state index is 12.2. The molecule has 26 heavy (non-hydrogen) atoms. The van der Waals surface area contributed by atoms with E-state index in [1.54, 1.807) is 13.0 Å². The third-order valence-corrected chi connectivity index (χ3v) is 4.14. The molecule has 0 atom stereocenters. The number of anilines is 1. The molecule has 0 saturated heterocycles. The van der Waals surface area contributed by atoms with Gasteiger partial charge in [0.15, 0.2) is 0 Å². The molecule has 0 aliphatic rings. The summed E-state index contributed by atoms with van der Waals surface area (Å²) in [5.74, 6) is -0.471. The maximum absolute atomic E-state index is 12.2. The monoisotopic (exact) mass is 395 g/mol. The zero-order valence-corrected chi connectivity index (χ0v) is 16.0. The molecule has 138 valence electrons. The minimum atomic E-state index is -0.537. The summed E-state index contributed by atoms with van der Waals surface area (Å²) >= 11 is 12.1. The summed E-state index contributed by atoms with van der Waals surface area (Å²) in [5.41, 5.74) is 1.54. The van der Waals surface area contributed by atoms with E-state index in [0.29, 0.717) is 17.1 Å². The molecule has 0 aliphatic carbocycles. The van der Waals surface area contributed by atoms with Crippen molar-refractivity contribution < 1.29 is 19.1 Å². The number of benzene rings is 2. The zero-order valence-electron chi connectivity index (χ0n) is 14.5. The number of hydrogen-bond acceptors (Lipinski definition) is 4. The van der Waals surface area contributed by atoms with Gasteiger partial charge in [0.1, 0.15) is 11.3 Å². The molecule has 5 nitrogen and oxygen atoms in total. The van der Waals surface area contributed by atoms with E-state index in [-0.39, 0.29) is 35.3 Å². The Balaban J connectivity index is 2.08. The number of rotatable bonds is 7. The highest BCUT2D eigenvalue weighted by Gasteiger charge is 2.18. The van der Waals surface area contributed by atoms with E-state index >= 15 is 0 Å². The molecule has 1 amide bonds. The first-order valence-corrected chi connectivity index (χ1v) is 8.79. The lowest BCUT2D eigenvalue weighted by atomic mass is 10.1. The minimum absolute atomic E-state index is 0.205. The fraction of sp³-hybridized carbons (Fsp3) is 0.263. The van der Waals surface area contributed by atoms with Gasteiger partial charge < -0.3 is 14.8 Å². The van der Waals surface area contributed by atoms with Gasteiger partial charge >= 0.3 is 5.97 Å². The Hall–Kier alpha value is -2.24. The minimum Gasteiger partial charge on any atom is -0.496 e. The van der Waals surface area contributed by atoms with Gasteiger partial charge in [-0.1, -0.05) is 35.3 Å². The molecule has 1 N–H and O–H groups in total. The van der Waals surface area contributed by atoms with Crippen LogP contribution in [0.1, 0.15) is 29.3 Å². The van der Waals surface area contributed by atoms with Crippen molar-refractivity contribution in [1.82, 2.24) is 0 Å². The highest BCUT2D eigenvalue weighted by molar-refractivity contribution is 6.34. The molecule has 2 aromatic rings. The van der Waals surface area contributed by atoms with E-state index in [1.165, 1.54) is 19.2 Å². The van der Waals surface area contributed by atoms with Crippen molar-refractivity contribution in [2.75, 3.05) is 19.0 Å². The highest BCUT2D eigenvalue weighted by Crippen LogP contribution is 2.31. The maximum Gasteiger partial charge on any atom is 0.341 e.